The summed E-state index contributed by atoms with van der Waals surface area (Å²) >= 11 is 0. The first kappa shape index (κ1) is 16.4. The predicted octanol–water partition coefficient (Wildman–Crippen LogP) is 2.58. The number of carbonyl (C=O) groups excluding carboxylic acids is 2. The lowest BCUT2D eigenvalue weighted by molar-refractivity contribution is -0.132. The van der Waals surface area contributed by atoms with Gasteiger partial charge in [-0.05, 0) is 30.9 Å². The molecule has 1 saturated heterocycles. The van der Waals surface area contributed by atoms with Crippen LogP contribution in [0, 0.1) is 17.6 Å². The van der Waals surface area contributed by atoms with Gasteiger partial charge in [0.2, 0.25) is 11.8 Å². The second-order valence-corrected chi connectivity index (χ2v) is 5.79. The van der Waals surface area contributed by atoms with Crippen molar-refractivity contribution in [3.8, 4) is 0 Å². The molecule has 0 N–H and O–H groups in total. The highest BCUT2D eigenvalue weighted by atomic mass is 19.2. The van der Waals surface area contributed by atoms with Crippen LogP contribution in [0.1, 0.15) is 26.7 Å². The average molecular weight is 310 g/mol. The molecule has 2 amide bonds. The van der Waals surface area contributed by atoms with Gasteiger partial charge in [0, 0.05) is 31.8 Å². The first-order valence-corrected chi connectivity index (χ1v) is 7.39. The lowest BCUT2D eigenvalue weighted by atomic mass is 10.0. The van der Waals surface area contributed by atoms with Crippen molar-refractivity contribution in [3.05, 3.63) is 29.8 Å². The van der Waals surface area contributed by atoms with Crippen LogP contribution in [-0.2, 0) is 9.59 Å². The van der Waals surface area contributed by atoms with Crippen LogP contribution < -0.4 is 4.90 Å². The largest absolute Gasteiger partial charge is 0.341 e. The van der Waals surface area contributed by atoms with E-state index in [1.54, 1.807) is 4.90 Å². The van der Waals surface area contributed by atoms with Gasteiger partial charge in [-0.25, -0.2) is 8.78 Å². The van der Waals surface area contributed by atoms with E-state index in [0.717, 1.165) is 25.0 Å². The van der Waals surface area contributed by atoms with Crippen LogP contribution in [0.25, 0.3) is 0 Å². The average Bonchev–Trinajstić information content (AvgIpc) is 2.47. The zero-order chi connectivity index (χ0) is 16.3. The molecule has 0 aliphatic carbocycles. The number of likely N-dealkylation sites (tertiary alicyclic amines) is 1. The van der Waals surface area contributed by atoms with Gasteiger partial charge in [-0.3, -0.25) is 9.59 Å². The smallest absolute Gasteiger partial charge is 0.242 e. The molecule has 1 aromatic carbocycles. The van der Waals surface area contributed by atoms with Gasteiger partial charge < -0.3 is 9.80 Å². The van der Waals surface area contributed by atoms with Gasteiger partial charge in [0.05, 0.1) is 0 Å². The Morgan fingerprint density at radius 2 is 2.05 bits per heavy atom. The third-order valence-electron chi connectivity index (χ3n) is 3.90. The van der Waals surface area contributed by atoms with E-state index in [9.17, 15) is 18.4 Å². The summed E-state index contributed by atoms with van der Waals surface area (Å²) in [4.78, 5) is 27.0. The molecule has 0 saturated carbocycles. The first-order chi connectivity index (χ1) is 10.4. The number of hydrogen-bond donors (Lipinski definition) is 0. The van der Waals surface area contributed by atoms with E-state index in [1.807, 2.05) is 0 Å². The van der Waals surface area contributed by atoms with Crippen molar-refractivity contribution in [2.75, 3.05) is 24.5 Å². The van der Waals surface area contributed by atoms with Crippen LogP contribution in [-0.4, -0.2) is 36.3 Å². The number of carbonyl (C=O) groups is 2. The Balaban J connectivity index is 2.13. The predicted molar refractivity (Wildman–Crippen MR) is 79.4 cm³/mol. The number of piperidine rings is 1. The zero-order valence-electron chi connectivity index (χ0n) is 12.8. The number of amides is 2. The maximum absolute atomic E-state index is 13.3. The summed E-state index contributed by atoms with van der Waals surface area (Å²) in [5, 5.41) is 0. The molecule has 1 aliphatic rings. The van der Waals surface area contributed by atoms with Crippen LogP contribution in [0.15, 0.2) is 18.2 Å². The molecule has 1 heterocycles. The maximum Gasteiger partial charge on any atom is 0.242 e. The van der Waals surface area contributed by atoms with E-state index in [4.69, 9.17) is 0 Å². The Labute approximate surface area is 128 Å². The van der Waals surface area contributed by atoms with Gasteiger partial charge in [-0.1, -0.05) is 6.92 Å². The van der Waals surface area contributed by atoms with Gasteiger partial charge >= 0.3 is 0 Å². The molecule has 1 fully saturated rings. The fourth-order valence-corrected chi connectivity index (χ4v) is 2.69. The Morgan fingerprint density at radius 1 is 1.32 bits per heavy atom. The van der Waals surface area contributed by atoms with E-state index in [2.05, 4.69) is 6.92 Å². The molecule has 1 aromatic rings. The Morgan fingerprint density at radius 3 is 2.64 bits per heavy atom. The summed E-state index contributed by atoms with van der Waals surface area (Å²) in [6, 6.07) is 3.18. The quantitative estimate of drug-likeness (QED) is 0.861. The second kappa shape index (κ2) is 6.85. The third-order valence-corrected chi connectivity index (χ3v) is 3.90. The molecule has 1 aliphatic heterocycles. The van der Waals surface area contributed by atoms with Crippen LogP contribution >= 0.6 is 0 Å². The van der Waals surface area contributed by atoms with E-state index >= 15 is 0 Å². The number of hydrogen-bond acceptors (Lipinski definition) is 2. The molecule has 0 bridgehead atoms. The zero-order valence-corrected chi connectivity index (χ0v) is 12.8. The molecule has 0 spiro atoms. The van der Waals surface area contributed by atoms with E-state index in [0.29, 0.717) is 19.0 Å². The molecule has 0 radical (unpaired) electrons. The van der Waals surface area contributed by atoms with Gasteiger partial charge in [-0.2, -0.15) is 0 Å². The summed E-state index contributed by atoms with van der Waals surface area (Å²) in [7, 11) is 0. The fourth-order valence-electron chi connectivity index (χ4n) is 2.69. The van der Waals surface area contributed by atoms with Gasteiger partial charge in [0.25, 0.3) is 0 Å². The number of benzene rings is 1. The molecule has 1 atom stereocenters. The topological polar surface area (TPSA) is 40.6 Å². The van der Waals surface area contributed by atoms with E-state index in [1.165, 1.54) is 17.9 Å². The summed E-state index contributed by atoms with van der Waals surface area (Å²) in [5.41, 5.74) is 0.185. The number of halogens is 2. The van der Waals surface area contributed by atoms with Crippen molar-refractivity contribution >= 4 is 17.5 Å². The van der Waals surface area contributed by atoms with Crippen molar-refractivity contribution < 1.29 is 18.4 Å². The molecular weight excluding hydrogens is 290 g/mol. The van der Waals surface area contributed by atoms with Gasteiger partial charge in [0.15, 0.2) is 11.6 Å². The lowest BCUT2D eigenvalue weighted by Crippen LogP contribution is -2.46. The number of nitrogens with zero attached hydrogens (tertiary/aromatic N) is 2. The lowest BCUT2D eigenvalue weighted by Gasteiger charge is -2.32. The number of anilines is 1. The molecule has 6 heteroatoms. The molecule has 4 nitrogen and oxygen atoms in total. The third kappa shape index (κ3) is 3.81. The summed E-state index contributed by atoms with van der Waals surface area (Å²) in [6.07, 6.45) is 2.03. The molecule has 1 unspecified atom stereocenters. The Kier molecular flexibility index (Phi) is 5.11. The maximum atomic E-state index is 13.3. The summed E-state index contributed by atoms with van der Waals surface area (Å²) in [6.45, 7) is 4.56. The van der Waals surface area contributed by atoms with Crippen LogP contribution in [0.2, 0.25) is 0 Å². The second-order valence-electron chi connectivity index (χ2n) is 5.79. The fraction of sp³-hybridized carbons (Fsp3) is 0.500. The van der Waals surface area contributed by atoms with Crippen molar-refractivity contribution in [1.29, 1.82) is 0 Å². The van der Waals surface area contributed by atoms with Crippen LogP contribution in [0.4, 0.5) is 14.5 Å². The standard InChI is InChI=1S/C16H20F2N2O2/c1-11-4-3-7-19(9-11)16(22)10-20(12(2)21)13-5-6-14(17)15(18)8-13/h5-6,8,11H,3-4,7,9-10H2,1-2H3. The van der Waals surface area contributed by atoms with Crippen molar-refractivity contribution in [2.45, 2.75) is 26.7 Å². The first-order valence-electron chi connectivity index (χ1n) is 7.39. The highest BCUT2D eigenvalue weighted by Gasteiger charge is 2.24. The van der Waals surface area contributed by atoms with Crippen molar-refractivity contribution in [2.24, 2.45) is 5.92 Å². The summed E-state index contributed by atoms with van der Waals surface area (Å²) < 4.78 is 26.3. The van der Waals surface area contributed by atoms with Crippen molar-refractivity contribution in [3.63, 3.8) is 0 Å². The van der Waals surface area contributed by atoms with Crippen LogP contribution in [0.5, 0.6) is 0 Å². The Bertz CT molecular complexity index is 577. The minimum absolute atomic E-state index is 0.160. The molecular formula is C16H20F2N2O2. The molecule has 22 heavy (non-hydrogen) atoms. The Hall–Kier alpha value is -1.98. The normalized spacial score (nSPS) is 18.2. The number of rotatable bonds is 3. The van der Waals surface area contributed by atoms with Gasteiger partial charge in [0.1, 0.15) is 6.54 Å². The minimum atomic E-state index is -1.04. The molecule has 0 aromatic heterocycles. The highest BCUT2D eigenvalue weighted by molar-refractivity contribution is 5.97. The van der Waals surface area contributed by atoms with Crippen molar-refractivity contribution in [1.82, 2.24) is 4.90 Å². The molecule has 2 rings (SSSR count). The SMILES string of the molecule is CC(=O)N(CC(=O)N1CCCC(C)C1)c1ccc(F)c(F)c1. The minimum Gasteiger partial charge on any atom is -0.341 e. The van der Waals surface area contributed by atoms with Gasteiger partial charge in [-0.15, -0.1) is 0 Å². The monoisotopic (exact) mass is 310 g/mol. The van der Waals surface area contributed by atoms with Crippen LogP contribution in [0.3, 0.4) is 0 Å². The van der Waals surface area contributed by atoms with E-state index in [-0.39, 0.29) is 24.0 Å². The molecule has 120 valence electrons. The summed E-state index contributed by atoms with van der Waals surface area (Å²) in [5.74, 6) is -2.14. The van der Waals surface area contributed by atoms with E-state index < -0.39 is 11.6 Å². The highest BCUT2D eigenvalue weighted by Crippen LogP contribution is 2.20.